The predicted octanol–water partition coefficient (Wildman–Crippen LogP) is 3.08. The molecule has 0 spiro atoms. The van der Waals surface area contributed by atoms with Gasteiger partial charge in [0, 0.05) is 6.20 Å². The predicted molar refractivity (Wildman–Crippen MR) is 52.4 cm³/mol. The van der Waals surface area contributed by atoms with Gasteiger partial charge in [-0.2, -0.15) is 0 Å². The number of pyridine rings is 2. The fraction of sp³-hybridized carbons (Fsp3) is 0.0909. The maximum Gasteiger partial charge on any atom is 0.280 e. The van der Waals surface area contributed by atoms with Crippen LogP contribution in [-0.2, 0) is 0 Å². The summed E-state index contributed by atoms with van der Waals surface area (Å²) in [5.41, 5.74) is 0.839. The van der Waals surface area contributed by atoms with Gasteiger partial charge in [0.2, 0.25) is 0 Å². The number of alkyl halides is 2. The monoisotopic (exact) mass is 206 g/mol. The zero-order valence-electron chi connectivity index (χ0n) is 7.77. The highest BCUT2D eigenvalue weighted by Gasteiger charge is 2.09. The molecule has 15 heavy (non-hydrogen) atoms. The fourth-order valence-electron chi connectivity index (χ4n) is 1.23. The summed E-state index contributed by atoms with van der Waals surface area (Å²) in [6, 6.07) is 9.81. The molecule has 0 atom stereocenters. The molecular weight excluding hydrogens is 198 g/mol. The molecule has 0 radical (unpaired) electrons. The molecule has 2 aromatic heterocycles. The zero-order chi connectivity index (χ0) is 10.7. The number of halogens is 2. The highest BCUT2D eigenvalue weighted by molar-refractivity contribution is 5.53. The highest BCUT2D eigenvalue weighted by Crippen LogP contribution is 2.20. The van der Waals surface area contributed by atoms with Crippen molar-refractivity contribution in [3.8, 4) is 11.4 Å². The van der Waals surface area contributed by atoms with Gasteiger partial charge in [0.25, 0.3) is 6.43 Å². The Balaban J connectivity index is 2.42. The van der Waals surface area contributed by atoms with E-state index in [9.17, 15) is 8.78 Å². The molecule has 0 unspecified atom stereocenters. The van der Waals surface area contributed by atoms with Crippen molar-refractivity contribution in [2.24, 2.45) is 0 Å². The van der Waals surface area contributed by atoms with E-state index in [0.717, 1.165) is 0 Å². The normalized spacial score (nSPS) is 10.6. The van der Waals surface area contributed by atoms with Gasteiger partial charge >= 0.3 is 0 Å². The molecule has 76 valence electrons. The van der Waals surface area contributed by atoms with Gasteiger partial charge in [0.05, 0.1) is 11.4 Å². The van der Waals surface area contributed by atoms with E-state index >= 15 is 0 Å². The Morgan fingerprint density at radius 1 is 0.933 bits per heavy atom. The summed E-state index contributed by atoms with van der Waals surface area (Å²) in [6.45, 7) is 0. The van der Waals surface area contributed by atoms with Crippen molar-refractivity contribution in [2.75, 3.05) is 0 Å². The van der Waals surface area contributed by atoms with Crippen LogP contribution in [0.1, 0.15) is 12.1 Å². The van der Waals surface area contributed by atoms with Crippen LogP contribution in [0.3, 0.4) is 0 Å². The average molecular weight is 206 g/mol. The summed E-state index contributed by atoms with van der Waals surface area (Å²) in [7, 11) is 0. The Hall–Kier alpha value is -1.84. The van der Waals surface area contributed by atoms with E-state index in [4.69, 9.17) is 0 Å². The molecule has 2 rings (SSSR count). The minimum Gasteiger partial charge on any atom is -0.255 e. The van der Waals surface area contributed by atoms with Gasteiger partial charge in [-0.25, -0.2) is 13.8 Å². The van der Waals surface area contributed by atoms with E-state index in [0.29, 0.717) is 11.4 Å². The van der Waals surface area contributed by atoms with Gasteiger partial charge in [-0.05, 0) is 24.3 Å². The summed E-state index contributed by atoms with van der Waals surface area (Å²) >= 11 is 0. The van der Waals surface area contributed by atoms with Crippen LogP contribution in [0.2, 0.25) is 0 Å². The second-order valence-electron chi connectivity index (χ2n) is 2.96. The molecular formula is C11H8F2N2. The standard InChI is InChI=1S/C11H8F2N2/c12-11(13)10-6-3-5-9(15-10)8-4-1-2-7-14-8/h1-7,11H. The van der Waals surface area contributed by atoms with Crippen molar-refractivity contribution in [1.82, 2.24) is 9.97 Å². The van der Waals surface area contributed by atoms with Crippen LogP contribution >= 0.6 is 0 Å². The molecule has 0 fully saturated rings. The van der Waals surface area contributed by atoms with Gasteiger partial charge in [-0.15, -0.1) is 0 Å². The molecule has 0 aliphatic carbocycles. The summed E-state index contributed by atoms with van der Waals surface area (Å²) in [5, 5.41) is 0. The minimum absolute atomic E-state index is 0.224. The Kier molecular flexibility index (Phi) is 2.67. The van der Waals surface area contributed by atoms with Gasteiger partial charge < -0.3 is 0 Å². The molecule has 2 nitrogen and oxygen atoms in total. The number of nitrogens with zero attached hydrogens (tertiary/aromatic N) is 2. The number of hydrogen-bond acceptors (Lipinski definition) is 2. The van der Waals surface area contributed by atoms with Gasteiger partial charge in [0.1, 0.15) is 5.69 Å². The summed E-state index contributed by atoms with van der Waals surface area (Å²) < 4.78 is 24.8. The SMILES string of the molecule is FC(F)c1cccc(-c2ccccn2)n1. The number of hydrogen-bond donors (Lipinski definition) is 0. The first-order valence-corrected chi connectivity index (χ1v) is 4.44. The molecule has 2 heterocycles. The van der Waals surface area contributed by atoms with Crippen molar-refractivity contribution in [2.45, 2.75) is 6.43 Å². The summed E-state index contributed by atoms with van der Waals surface area (Å²) in [4.78, 5) is 7.87. The molecule has 4 heteroatoms. The maximum absolute atomic E-state index is 12.4. The van der Waals surface area contributed by atoms with E-state index in [1.807, 2.05) is 0 Å². The Morgan fingerprint density at radius 3 is 2.40 bits per heavy atom. The number of aromatic nitrogens is 2. The van der Waals surface area contributed by atoms with Crippen molar-refractivity contribution in [3.63, 3.8) is 0 Å². The first-order chi connectivity index (χ1) is 7.27. The lowest BCUT2D eigenvalue weighted by molar-refractivity contribution is 0.146. The second-order valence-corrected chi connectivity index (χ2v) is 2.96. The fourth-order valence-corrected chi connectivity index (χ4v) is 1.23. The quantitative estimate of drug-likeness (QED) is 0.754. The summed E-state index contributed by atoms with van der Waals surface area (Å²) in [6.07, 6.45) is -0.944. The van der Waals surface area contributed by atoms with Crippen LogP contribution in [-0.4, -0.2) is 9.97 Å². The Bertz CT molecular complexity index is 443. The Morgan fingerprint density at radius 2 is 1.73 bits per heavy atom. The van der Waals surface area contributed by atoms with Crippen LogP contribution in [0.25, 0.3) is 11.4 Å². The van der Waals surface area contributed by atoms with E-state index in [1.165, 1.54) is 6.07 Å². The van der Waals surface area contributed by atoms with Crippen LogP contribution < -0.4 is 0 Å². The van der Waals surface area contributed by atoms with Crippen molar-refractivity contribution in [1.29, 1.82) is 0 Å². The molecule has 0 saturated carbocycles. The van der Waals surface area contributed by atoms with Crippen molar-refractivity contribution >= 4 is 0 Å². The molecule has 0 N–H and O–H groups in total. The van der Waals surface area contributed by atoms with E-state index in [1.54, 1.807) is 36.5 Å². The summed E-state index contributed by atoms with van der Waals surface area (Å²) in [5.74, 6) is 0. The topological polar surface area (TPSA) is 25.8 Å². The van der Waals surface area contributed by atoms with E-state index in [-0.39, 0.29) is 5.69 Å². The lowest BCUT2D eigenvalue weighted by Gasteiger charge is -2.02. The van der Waals surface area contributed by atoms with Gasteiger partial charge in [-0.1, -0.05) is 12.1 Å². The molecule has 2 aromatic rings. The highest BCUT2D eigenvalue weighted by atomic mass is 19.3. The third-order valence-corrected chi connectivity index (χ3v) is 1.92. The molecule has 0 bridgehead atoms. The number of rotatable bonds is 2. The first-order valence-electron chi connectivity index (χ1n) is 4.44. The lowest BCUT2D eigenvalue weighted by Crippen LogP contribution is -1.93. The Labute approximate surface area is 85.6 Å². The van der Waals surface area contributed by atoms with Gasteiger partial charge in [0.15, 0.2) is 0 Å². The third-order valence-electron chi connectivity index (χ3n) is 1.92. The van der Waals surface area contributed by atoms with Crippen LogP contribution in [0.15, 0.2) is 42.6 Å². The minimum atomic E-state index is -2.55. The molecule has 0 aliphatic heterocycles. The van der Waals surface area contributed by atoms with E-state index < -0.39 is 6.43 Å². The average Bonchev–Trinajstić information content (AvgIpc) is 2.30. The smallest absolute Gasteiger partial charge is 0.255 e. The maximum atomic E-state index is 12.4. The third kappa shape index (κ3) is 2.15. The molecule has 0 aliphatic rings. The molecule has 0 amide bonds. The first kappa shape index (κ1) is 9.71. The van der Waals surface area contributed by atoms with E-state index in [2.05, 4.69) is 9.97 Å². The van der Waals surface area contributed by atoms with Crippen LogP contribution in [0, 0.1) is 0 Å². The molecule has 0 saturated heterocycles. The van der Waals surface area contributed by atoms with Gasteiger partial charge in [-0.3, -0.25) is 4.98 Å². The largest absolute Gasteiger partial charge is 0.280 e. The zero-order valence-corrected chi connectivity index (χ0v) is 7.77. The van der Waals surface area contributed by atoms with Crippen LogP contribution in [0.4, 0.5) is 8.78 Å². The lowest BCUT2D eigenvalue weighted by atomic mass is 10.2. The molecule has 0 aromatic carbocycles. The second kappa shape index (κ2) is 4.13. The van der Waals surface area contributed by atoms with Crippen molar-refractivity contribution in [3.05, 3.63) is 48.3 Å². The van der Waals surface area contributed by atoms with Crippen molar-refractivity contribution < 1.29 is 8.78 Å². The van der Waals surface area contributed by atoms with Crippen LogP contribution in [0.5, 0.6) is 0 Å².